The number of aromatic amines is 1. The van der Waals surface area contributed by atoms with Gasteiger partial charge in [-0.15, -0.1) is 15.3 Å². The molecule has 4 heterocycles. The van der Waals surface area contributed by atoms with Crippen LogP contribution in [0.15, 0.2) is 12.1 Å². The van der Waals surface area contributed by atoms with Gasteiger partial charge in [0.2, 0.25) is 10.6 Å². The van der Waals surface area contributed by atoms with E-state index in [1.54, 1.807) is 12.1 Å². The molecule has 226 valence electrons. The van der Waals surface area contributed by atoms with Crippen molar-refractivity contribution in [2.24, 2.45) is 0 Å². The van der Waals surface area contributed by atoms with Crippen LogP contribution in [0.1, 0.15) is 43.3 Å². The molecule has 17 nitrogen and oxygen atoms in total. The molecular weight excluding hydrogens is 587 g/mol. The van der Waals surface area contributed by atoms with Crippen LogP contribution in [0, 0.1) is 0 Å². The van der Waals surface area contributed by atoms with Gasteiger partial charge in [-0.3, -0.25) is 4.57 Å². The molecule has 2 fully saturated rings. The van der Waals surface area contributed by atoms with Crippen LogP contribution in [0.2, 0.25) is 5.28 Å². The van der Waals surface area contributed by atoms with Crippen molar-refractivity contribution in [2.45, 2.75) is 68.1 Å². The molecule has 2 aliphatic rings. The van der Waals surface area contributed by atoms with Crippen LogP contribution in [0.5, 0.6) is 0 Å². The van der Waals surface area contributed by atoms with Gasteiger partial charge in [-0.25, -0.2) is 4.52 Å². The standard InChI is InChI=1S/C22H32ClN8O9P/c1-37-10-22(41(34,35)36,11-38-9-16-26-29-30-27-16)39-8-15-17(32)18(33)19(40-15)13-6-7-14-20(24-12-4-2-3-5-12)25-21(23)28-31(13)14/h6-7,12,15,17-19,32-33H,2-5,8-11H2,1H3,(H,24,25,28)(H2,34,35,36)(H,26,27,29,30)/t15-,17-,18-,19+,22-/m1/s1. The van der Waals surface area contributed by atoms with Gasteiger partial charge in [-0.05, 0) is 36.6 Å². The number of methoxy groups -OCH3 is 1. The average Bonchev–Trinajstić information content (AvgIpc) is 3.73. The van der Waals surface area contributed by atoms with Crippen LogP contribution in [0.4, 0.5) is 5.82 Å². The largest absolute Gasteiger partial charge is 0.387 e. The topological polar surface area (TPSA) is 232 Å². The lowest BCUT2D eigenvalue weighted by molar-refractivity contribution is -0.130. The molecule has 5 atom stereocenters. The highest BCUT2D eigenvalue weighted by molar-refractivity contribution is 7.53. The van der Waals surface area contributed by atoms with E-state index in [1.165, 1.54) is 11.6 Å². The van der Waals surface area contributed by atoms with Crippen molar-refractivity contribution in [3.05, 3.63) is 28.9 Å². The van der Waals surface area contributed by atoms with E-state index in [2.05, 4.69) is 36.0 Å². The molecule has 3 aromatic heterocycles. The molecular formula is C22H32ClN8O9P. The maximum absolute atomic E-state index is 12.5. The summed E-state index contributed by atoms with van der Waals surface area (Å²) in [5.74, 6) is 0.704. The summed E-state index contributed by atoms with van der Waals surface area (Å²) in [6.07, 6.45) is -0.828. The van der Waals surface area contributed by atoms with Crippen LogP contribution in [-0.4, -0.2) is 112 Å². The summed E-state index contributed by atoms with van der Waals surface area (Å²) in [6.45, 7) is -1.88. The molecule has 41 heavy (non-hydrogen) atoms. The van der Waals surface area contributed by atoms with Crippen LogP contribution in [0.25, 0.3) is 5.52 Å². The van der Waals surface area contributed by atoms with Gasteiger partial charge in [0.15, 0.2) is 11.6 Å². The Hall–Kier alpha value is -2.31. The summed E-state index contributed by atoms with van der Waals surface area (Å²) in [5.41, 5.74) is 1.01. The molecule has 1 aliphatic carbocycles. The van der Waals surface area contributed by atoms with Crippen molar-refractivity contribution in [3.8, 4) is 0 Å². The van der Waals surface area contributed by atoms with Gasteiger partial charge in [-0.1, -0.05) is 18.1 Å². The third kappa shape index (κ3) is 6.39. The van der Waals surface area contributed by atoms with Crippen molar-refractivity contribution < 1.29 is 43.5 Å². The van der Waals surface area contributed by atoms with E-state index in [-0.39, 0.29) is 23.8 Å². The molecule has 0 radical (unpaired) electrons. The van der Waals surface area contributed by atoms with Crippen LogP contribution < -0.4 is 5.32 Å². The summed E-state index contributed by atoms with van der Waals surface area (Å²) in [7, 11) is -3.78. The van der Waals surface area contributed by atoms with Crippen molar-refractivity contribution in [2.75, 3.05) is 32.2 Å². The predicted octanol–water partition coefficient (Wildman–Crippen LogP) is 0.166. The third-order valence-electron chi connectivity index (χ3n) is 7.23. The smallest absolute Gasteiger partial charge is 0.361 e. The first kappa shape index (κ1) is 30.2. The maximum Gasteiger partial charge on any atom is 0.361 e. The summed E-state index contributed by atoms with van der Waals surface area (Å²) in [6, 6.07) is 3.70. The molecule has 1 saturated carbocycles. The first-order valence-corrected chi connectivity index (χ1v) is 14.9. The van der Waals surface area contributed by atoms with E-state index in [0.717, 1.165) is 25.7 Å². The van der Waals surface area contributed by atoms with Crippen molar-refractivity contribution in [1.29, 1.82) is 0 Å². The highest BCUT2D eigenvalue weighted by Crippen LogP contribution is 2.52. The molecule has 0 amide bonds. The zero-order chi connectivity index (χ0) is 29.2. The van der Waals surface area contributed by atoms with E-state index in [1.807, 2.05) is 0 Å². The molecule has 0 aromatic carbocycles. The van der Waals surface area contributed by atoms with Gasteiger partial charge in [0.05, 0.1) is 25.5 Å². The van der Waals surface area contributed by atoms with Crippen LogP contribution >= 0.6 is 19.2 Å². The molecule has 3 aromatic rings. The predicted molar refractivity (Wildman–Crippen MR) is 140 cm³/mol. The molecule has 0 bridgehead atoms. The second-order valence-electron chi connectivity index (χ2n) is 10.0. The molecule has 1 saturated heterocycles. The Morgan fingerprint density at radius 1 is 1.24 bits per heavy atom. The molecule has 19 heteroatoms. The number of rotatable bonds is 13. The number of anilines is 1. The Morgan fingerprint density at radius 3 is 2.71 bits per heavy atom. The molecule has 0 unspecified atom stereocenters. The van der Waals surface area contributed by atoms with Gasteiger partial charge in [0.25, 0.3) is 0 Å². The number of nitrogens with zero attached hydrogens (tertiary/aromatic N) is 6. The fourth-order valence-corrected chi connectivity index (χ4v) is 6.05. The van der Waals surface area contributed by atoms with Gasteiger partial charge < -0.3 is 44.3 Å². The minimum Gasteiger partial charge on any atom is -0.387 e. The number of hydrogen-bond donors (Lipinski definition) is 6. The van der Waals surface area contributed by atoms with Crippen LogP contribution in [0.3, 0.4) is 0 Å². The first-order valence-electron chi connectivity index (χ1n) is 12.9. The van der Waals surface area contributed by atoms with E-state index in [9.17, 15) is 24.6 Å². The van der Waals surface area contributed by atoms with Crippen molar-refractivity contribution in [1.82, 2.24) is 35.2 Å². The van der Waals surface area contributed by atoms with Gasteiger partial charge in [0.1, 0.15) is 36.5 Å². The van der Waals surface area contributed by atoms with Gasteiger partial charge in [-0.2, -0.15) is 10.2 Å². The lowest BCUT2D eigenvalue weighted by atomic mass is 10.1. The minimum atomic E-state index is -5.02. The van der Waals surface area contributed by atoms with Crippen molar-refractivity contribution in [3.63, 3.8) is 0 Å². The Labute approximate surface area is 238 Å². The zero-order valence-corrected chi connectivity index (χ0v) is 23.7. The zero-order valence-electron chi connectivity index (χ0n) is 22.0. The highest BCUT2D eigenvalue weighted by Gasteiger charge is 2.52. The Balaban J connectivity index is 1.32. The normalized spacial score (nSPS) is 25.2. The Kier molecular flexibility index (Phi) is 9.20. The SMILES string of the molecule is COC[C@@](COCc1nn[nH]n1)(OC[C@H]1O[C@@H](c2ccc3c(NC4CCCC4)nc(Cl)nn23)[C@H](O)[C@@H]1O)P(=O)(O)O. The van der Waals surface area contributed by atoms with E-state index in [4.69, 9.17) is 30.5 Å². The number of nitrogens with one attached hydrogen (secondary N) is 2. The average molecular weight is 619 g/mol. The quantitative estimate of drug-likeness (QED) is 0.140. The number of ether oxygens (including phenoxy) is 4. The number of halogens is 1. The summed E-state index contributed by atoms with van der Waals surface area (Å²) in [5, 5.41) is 40.2. The molecule has 5 rings (SSSR count). The Morgan fingerprint density at radius 2 is 2.02 bits per heavy atom. The van der Waals surface area contributed by atoms with Crippen LogP contribution in [-0.2, 0) is 30.1 Å². The second-order valence-corrected chi connectivity index (χ2v) is 12.3. The number of aliphatic hydroxyl groups excluding tert-OH is 2. The lowest BCUT2D eigenvalue weighted by Gasteiger charge is -2.34. The monoisotopic (exact) mass is 618 g/mol. The summed E-state index contributed by atoms with van der Waals surface area (Å²) >= 11 is 6.22. The van der Waals surface area contributed by atoms with Gasteiger partial charge >= 0.3 is 7.60 Å². The number of tetrazole rings is 1. The summed E-state index contributed by atoms with van der Waals surface area (Å²) in [4.78, 5) is 24.7. The fraction of sp³-hybridized carbons (Fsp3) is 0.682. The Bertz CT molecular complexity index is 1350. The number of hydrogen-bond acceptors (Lipinski definition) is 13. The second kappa shape index (κ2) is 12.5. The molecule has 6 N–H and O–H groups in total. The minimum absolute atomic E-state index is 0.0184. The number of aromatic nitrogens is 7. The number of fused-ring (bicyclic) bond motifs is 1. The lowest BCUT2D eigenvalue weighted by Crippen LogP contribution is -2.45. The fourth-order valence-electron chi connectivity index (χ4n) is 5.09. The third-order valence-corrected chi connectivity index (χ3v) is 8.84. The maximum atomic E-state index is 12.5. The van der Waals surface area contributed by atoms with Crippen molar-refractivity contribution >= 4 is 30.5 Å². The first-order chi connectivity index (χ1) is 19.6. The number of aliphatic hydroxyl groups is 2. The highest BCUT2D eigenvalue weighted by atomic mass is 35.5. The van der Waals surface area contributed by atoms with Gasteiger partial charge in [0, 0.05) is 13.2 Å². The van der Waals surface area contributed by atoms with E-state index >= 15 is 0 Å². The number of H-pyrrole nitrogens is 1. The molecule has 0 spiro atoms. The van der Waals surface area contributed by atoms with E-state index in [0.29, 0.717) is 17.0 Å². The molecule has 1 aliphatic heterocycles. The summed E-state index contributed by atoms with van der Waals surface area (Å²) < 4.78 is 36.1. The van der Waals surface area contributed by atoms with E-state index < -0.39 is 57.2 Å².